The number of carbonyl (C=O) groups is 2. The van der Waals surface area contributed by atoms with Gasteiger partial charge in [0.25, 0.3) is 5.91 Å². The van der Waals surface area contributed by atoms with Crippen molar-refractivity contribution >= 4 is 28.8 Å². The molecule has 6 nitrogen and oxygen atoms in total. The van der Waals surface area contributed by atoms with Crippen molar-refractivity contribution in [2.75, 3.05) is 51.3 Å². The summed E-state index contributed by atoms with van der Waals surface area (Å²) in [7, 11) is 1.58. The summed E-state index contributed by atoms with van der Waals surface area (Å²) >= 11 is 1.51. The van der Waals surface area contributed by atoms with Crippen LogP contribution in [0.3, 0.4) is 0 Å². The maximum Gasteiger partial charge on any atom is 0.416 e. The third kappa shape index (κ3) is 5.02. The molecule has 5 rings (SSSR count). The molecule has 0 radical (unpaired) electrons. The van der Waals surface area contributed by atoms with Crippen molar-refractivity contribution in [2.45, 2.75) is 18.1 Å². The predicted octanol–water partition coefficient (Wildman–Crippen LogP) is 5.04. The normalized spacial score (nSPS) is 20.0. The summed E-state index contributed by atoms with van der Waals surface area (Å²) in [6, 6.07) is 15.9. The standard InChI is InChI=1S/C28H28F3N3O3S/c1-37-16-15-34-25(23-10-5-17-38-23)24(21-8-2-3-9-22(21)26(34)35)27(36)33-13-11-32(12-14-33)20-7-4-6-19(18-20)28(29,30)31/h2-10,17-18,24-25H,11-16H2,1H3. The molecule has 1 fully saturated rings. The minimum Gasteiger partial charge on any atom is -0.383 e. The number of piperazine rings is 1. The Balaban J connectivity index is 1.42. The summed E-state index contributed by atoms with van der Waals surface area (Å²) in [4.78, 5) is 34.0. The second kappa shape index (κ2) is 10.8. The Labute approximate surface area is 223 Å². The van der Waals surface area contributed by atoms with E-state index in [1.54, 1.807) is 35.1 Å². The molecule has 200 valence electrons. The summed E-state index contributed by atoms with van der Waals surface area (Å²) in [6.07, 6.45) is -4.41. The highest BCUT2D eigenvalue weighted by Crippen LogP contribution is 2.45. The second-order valence-corrected chi connectivity index (χ2v) is 10.4. The molecule has 2 aromatic carbocycles. The molecule has 0 bridgehead atoms. The topological polar surface area (TPSA) is 53.1 Å². The average Bonchev–Trinajstić information content (AvgIpc) is 3.46. The van der Waals surface area contributed by atoms with Gasteiger partial charge in [0.05, 0.1) is 24.1 Å². The minimum atomic E-state index is -4.41. The van der Waals surface area contributed by atoms with Crippen LogP contribution in [0.15, 0.2) is 66.0 Å². The van der Waals surface area contributed by atoms with Gasteiger partial charge in [-0.3, -0.25) is 9.59 Å². The first-order chi connectivity index (χ1) is 18.3. The molecule has 1 aromatic heterocycles. The molecule has 3 aromatic rings. The Morgan fingerprint density at radius 1 is 1.03 bits per heavy atom. The van der Waals surface area contributed by atoms with Gasteiger partial charge in [-0.1, -0.05) is 30.3 Å². The van der Waals surface area contributed by atoms with Crippen LogP contribution in [0.25, 0.3) is 0 Å². The van der Waals surface area contributed by atoms with Crippen LogP contribution in [0.4, 0.5) is 18.9 Å². The zero-order valence-corrected chi connectivity index (χ0v) is 21.7. The Morgan fingerprint density at radius 2 is 1.79 bits per heavy atom. The number of fused-ring (bicyclic) bond motifs is 1. The lowest BCUT2D eigenvalue weighted by atomic mass is 9.81. The number of carbonyl (C=O) groups excluding carboxylic acids is 2. The molecule has 1 saturated heterocycles. The molecule has 0 N–H and O–H groups in total. The van der Waals surface area contributed by atoms with E-state index in [2.05, 4.69) is 0 Å². The molecule has 2 atom stereocenters. The molecule has 38 heavy (non-hydrogen) atoms. The molecular formula is C28H28F3N3O3S. The monoisotopic (exact) mass is 543 g/mol. The van der Waals surface area contributed by atoms with Gasteiger partial charge >= 0.3 is 6.18 Å². The van der Waals surface area contributed by atoms with Crippen LogP contribution in [-0.4, -0.2) is 68.1 Å². The first-order valence-electron chi connectivity index (χ1n) is 12.4. The molecule has 0 saturated carbocycles. The van der Waals surface area contributed by atoms with E-state index in [4.69, 9.17) is 4.74 Å². The summed E-state index contributed by atoms with van der Waals surface area (Å²) in [5.74, 6) is -0.816. The lowest BCUT2D eigenvalue weighted by Gasteiger charge is -2.44. The lowest BCUT2D eigenvalue weighted by molar-refractivity contribution is -0.137. The molecular weight excluding hydrogens is 515 g/mol. The number of halogens is 3. The summed E-state index contributed by atoms with van der Waals surface area (Å²) in [5.41, 5.74) is 1.02. The van der Waals surface area contributed by atoms with E-state index in [0.717, 1.165) is 17.0 Å². The summed E-state index contributed by atoms with van der Waals surface area (Å²) < 4.78 is 44.9. The molecule has 0 spiro atoms. The Morgan fingerprint density at radius 3 is 2.47 bits per heavy atom. The largest absolute Gasteiger partial charge is 0.416 e. The number of anilines is 1. The smallest absolute Gasteiger partial charge is 0.383 e. The maximum absolute atomic E-state index is 14.2. The summed E-state index contributed by atoms with van der Waals surface area (Å²) in [5, 5.41) is 1.93. The van der Waals surface area contributed by atoms with Crippen molar-refractivity contribution in [1.82, 2.24) is 9.80 Å². The van der Waals surface area contributed by atoms with Crippen LogP contribution in [0.5, 0.6) is 0 Å². The van der Waals surface area contributed by atoms with Crippen molar-refractivity contribution < 1.29 is 27.5 Å². The number of hydrogen-bond acceptors (Lipinski definition) is 5. The SMILES string of the molecule is COCCN1C(=O)c2ccccc2C(C(=O)N2CCN(c3cccc(C(F)(F)F)c3)CC2)C1c1cccs1. The highest BCUT2D eigenvalue weighted by molar-refractivity contribution is 7.10. The van der Waals surface area contributed by atoms with Crippen LogP contribution in [0, 0.1) is 0 Å². The van der Waals surface area contributed by atoms with E-state index >= 15 is 0 Å². The average molecular weight is 544 g/mol. The first-order valence-corrected chi connectivity index (χ1v) is 13.3. The summed E-state index contributed by atoms with van der Waals surface area (Å²) in [6.45, 7) is 2.26. The van der Waals surface area contributed by atoms with Gasteiger partial charge in [-0.15, -0.1) is 11.3 Å². The van der Waals surface area contributed by atoms with Crippen molar-refractivity contribution in [3.63, 3.8) is 0 Å². The van der Waals surface area contributed by atoms with Gasteiger partial charge in [0.1, 0.15) is 0 Å². The van der Waals surface area contributed by atoms with E-state index in [1.807, 2.05) is 34.5 Å². The highest BCUT2D eigenvalue weighted by atomic mass is 32.1. The van der Waals surface area contributed by atoms with Gasteiger partial charge < -0.3 is 19.4 Å². The third-order valence-corrected chi connectivity index (χ3v) is 8.15. The van der Waals surface area contributed by atoms with Crippen LogP contribution in [-0.2, 0) is 15.7 Å². The fraction of sp³-hybridized carbons (Fsp3) is 0.357. The lowest BCUT2D eigenvalue weighted by Crippen LogP contribution is -2.53. The Kier molecular flexibility index (Phi) is 7.45. The quantitative estimate of drug-likeness (QED) is 0.437. The molecule has 2 aliphatic heterocycles. The number of rotatable bonds is 6. The van der Waals surface area contributed by atoms with Gasteiger partial charge in [0, 0.05) is 56.0 Å². The highest BCUT2D eigenvalue weighted by Gasteiger charge is 2.46. The fourth-order valence-electron chi connectivity index (χ4n) is 5.33. The molecule has 2 amide bonds. The zero-order valence-electron chi connectivity index (χ0n) is 20.9. The van der Waals surface area contributed by atoms with Crippen LogP contribution >= 0.6 is 11.3 Å². The van der Waals surface area contributed by atoms with E-state index in [0.29, 0.717) is 56.1 Å². The zero-order chi connectivity index (χ0) is 26.9. The van der Waals surface area contributed by atoms with Gasteiger partial charge in [0.15, 0.2) is 0 Å². The molecule has 10 heteroatoms. The van der Waals surface area contributed by atoms with Crippen molar-refractivity contribution in [1.29, 1.82) is 0 Å². The van der Waals surface area contributed by atoms with E-state index in [1.165, 1.54) is 17.4 Å². The predicted molar refractivity (Wildman–Crippen MR) is 139 cm³/mol. The molecule has 2 aliphatic rings. The number of benzene rings is 2. The van der Waals surface area contributed by atoms with E-state index < -0.39 is 23.7 Å². The number of hydrogen-bond donors (Lipinski definition) is 0. The number of methoxy groups -OCH3 is 1. The van der Waals surface area contributed by atoms with Crippen LogP contribution < -0.4 is 4.90 Å². The van der Waals surface area contributed by atoms with Gasteiger partial charge in [0.2, 0.25) is 5.91 Å². The number of nitrogens with zero attached hydrogens (tertiary/aromatic N) is 3. The van der Waals surface area contributed by atoms with Crippen molar-refractivity contribution in [3.8, 4) is 0 Å². The maximum atomic E-state index is 14.2. The number of alkyl halides is 3. The Hall–Kier alpha value is -3.37. The number of ether oxygens (including phenoxy) is 1. The first kappa shape index (κ1) is 26.2. The number of thiophene rings is 1. The van der Waals surface area contributed by atoms with Crippen LogP contribution in [0.2, 0.25) is 0 Å². The van der Waals surface area contributed by atoms with E-state index in [-0.39, 0.29) is 11.8 Å². The fourth-order valence-corrected chi connectivity index (χ4v) is 6.20. The van der Waals surface area contributed by atoms with Gasteiger partial charge in [-0.2, -0.15) is 13.2 Å². The number of amides is 2. The third-order valence-electron chi connectivity index (χ3n) is 7.21. The second-order valence-electron chi connectivity index (χ2n) is 9.38. The Bertz CT molecular complexity index is 1290. The van der Waals surface area contributed by atoms with E-state index in [9.17, 15) is 22.8 Å². The van der Waals surface area contributed by atoms with Gasteiger partial charge in [-0.25, -0.2) is 0 Å². The van der Waals surface area contributed by atoms with Crippen LogP contribution in [0.1, 0.15) is 38.3 Å². The molecule has 2 unspecified atom stereocenters. The minimum absolute atomic E-state index is 0.0885. The van der Waals surface area contributed by atoms with Crippen molar-refractivity contribution in [3.05, 3.63) is 87.6 Å². The van der Waals surface area contributed by atoms with Crippen molar-refractivity contribution in [2.24, 2.45) is 0 Å². The van der Waals surface area contributed by atoms with Gasteiger partial charge in [-0.05, 0) is 41.3 Å². The molecule has 0 aliphatic carbocycles. The molecule has 3 heterocycles.